The Hall–Kier alpha value is -2.46. The van der Waals surface area contributed by atoms with E-state index in [1.54, 1.807) is 36.7 Å². The molecule has 0 spiro atoms. The molecule has 1 aromatic carbocycles. The predicted octanol–water partition coefficient (Wildman–Crippen LogP) is 2.92. The van der Waals surface area contributed by atoms with Crippen LogP contribution in [0.1, 0.15) is 15.9 Å². The van der Waals surface area contributed by atoms with Crippen LogP contribution in [-0.2, 0) is 0 Å². The van der Waals surface area contributed by atoms with Crippen molar-refractivity contribution in [3.05, 3.63) is 66.0 Å². The lowest BCUT2D eigenvalue weighted by Crippen LogP contribution is -2.19. The number of aromatic nitrogens is 1. The number of carbonyl (C=O) groups is 1. The molecule has 0 aliphatic carbocycles. The Kier molecular flexibility index (Phi) is 5.86. The van der Waals surface area contributed by atoms with E-state index in [9.17, 15) is 4.79 Å². The maximum absolute atomic E-state index is 12.1. The van der Waals surface area contributed by atoms with Gasteiger partial charge in [-0.3, -0.25) is 9.78 Å². The maximum Gasteiger partial charge on any atom is 0.187 e. The topological polar surface area (TPSA) is 42.4 Å². The van der Waals surface area contributed by atoms with Gasteiger partial charge in [0.2, 0.25) is 0 Å². The third-order valence-corrected chi connectivity index (χ3v) is 3.08. The second-order valence-electron chi connectivity index (χ2n) is 5.13. The second-order valence-corrected chi connectivity index (χ2v) is 5.13. The molecule has 2 aromatic rings. The first-order valence-electron chi connectivity index (χ1n) is 7.16. The summed E-state index contributed by atoms with van der Waals surface area (Å²) in [6.07, 6.45) is 6.53. The van der Waals surface area contributed by atoms with Crippen LogP contribution in [0.2, 0.25) is 0 Å². The fraction of sp³-hybridized carbons (Fsp3) is 0.222. The zero-order chi connectivity index (χ0) is 15.8. The van der Waals surface area contributed by atoms with Gasteiger partial charge in [-0.2, -0.15) is 0 Å². The molecule has 0 bridgehead atoms. The smallest absolute Gasteiger partial charge is 0.187 e. The standard InChI is InChI=1S/C18H20N2O2/c1-20(2)12-13-22-18-8-4-3-6-15(18)9-10-17(21)16-7-5-11-19-14-16/h3-11,14H,12-13H2,1-2H3/b10-9+. The number of ketones is 1. The zero-order valence-corrected chi connectivity index (χ0v) is 12.9. The number of rotatable bonds is 7. The number of hydrogen-bond acceptors (Lipinski definition) is 4. The summed E-state index contributed by atoms with van der Waals surface area (Å²) in [5.74, 6) is 0.704. The van der Waals surface area contributed by atoms with Crippen LogP contribution in [-0.4, -0.2) is 42.9 Å². The molecule has 0 unspecified atom stereocenters. The number of allylic oxidation sites excluding steroid dienone is 1. The van der Waals surface area contributed by atoms with Crippen molar-refractivity contribution < 1.29 is 9.53 Å². The molecule has 4 heteroatoms. The molecule has 0 aliphatic rings. The van der Waals surface area contributed by atoms with Gasteiger partial charge >= 0.3 is 0 Å². The van der Waals surface area contributed by atoms with Crippen molar-refractivity contribution in [1.82, 2.24) is 9.88 Å². The summed E-state index contributed by atoms with van der Waals surface area (Å²) in [7, 11) is 4.00. The maximum atomic E-state index is 12.1. The Bertz CT molecular complexity index is 637. The van der Waals surface area contributed by atoms with Gasteiger partial charge in [0.1, 0.15) is 12.4 Å². The summed E-state index contributed by atoms with van der Waals surface area (Å²) in [5, 5.41) is 0. The molecule has 1 aromatic heterocycles. The van der Waals surface area contributed by atoms with Crippen molar-refractivity contribution in [2.24, 2.45) is 0 Å². The summed E-state index contributed by atoms with van der Waals surface area (Å²) in [4.78, 5) is 18.1. The number of benzene rings is 1. The lowest BCUT2D eigenvalue weighted by molar-refractivity contribution is 0.104. The van der Waals surface area contributed by atoms with E-state index >= 15 is 0 Å². The quantitative estimate of drug-likeness (QED) is 0.582. The molecule has 0 atom stereocenters. The van der Waals surface area contributed by atoms with E-state index in [0.717, 1.165) is 17.9 Å². The number of pyridine rings is 1. The molecular formula is C18H20N2O2. The Balaban J connectivity index is 2.06. The molecule has 0 saturated heterocycles. The van der Waals surface area contributed by atoms with Crippen molar-refractivity contribution in [1.29, 1.82) is 0 Å². The average molecular weight is 296 g/mol. The molecule has 0 saturated carbocycles. The Morgan fingerprint density at radius 3 is 2.77 bits per heavy atom. The molecule has 0 radical (unpaired) electrons. The largest absolute Gasteiger partial charge is 0.492 e. The van der Waals surface area contributed by atoms with E-state index in [1.807, 2.05) is 38.4 Å². The second kappa shape index (κ2) is 8.10. The highest BCUT2D eigenvalue weighted by atomic mass is 16.5. The van der Waals surface area contributed by atoms with Crippen LogP contribution in [0.25, 0.3) is 6.08 Å². The number of carbonyl (C=O) groups excluding carboxylic acids is 1. The molecular weight excluding hydrogens is 276 g/mol. The van der Waals surface area contributed by atoms with Gasteiger partial charge in [0, 0.05) is 30.1 Å². The Morgan fingerprint density at radius 1 is 1.23 bits per heavy atom. The van der Waals surface area contributed by atoms with Gasteiger partial charge in [-0.05, 0) is 44.4 Å². The Morgan fingerprint density at radius 2 is 2.05 bits per heavy atom. The first kappa shape index (κ1) is 15.9. The minimum absolute atomic E-state index is 0.0730. The first-order chi connectivity index (χ1) is 10.7. The monoisotopic (exact) mass is 296 g/mol. The fourth-order valence-electron chi connectivity index (χ4n) is 1.86. The van der Waals surface area contributed by atoms with Crippen LogP contribution in [0.3, 0.4) is 0 Å². The van der Waals surface area contributed by atoms with E-state index in [-0.39, 0.29) is 5.78 Å². The van der Waals surface area contributed by atoms with Crippen molar-refractivity contribution >= 4 is 11.9 Å². The number of likely N-dealkylation sites (N-methyl/N-ethyl adjacent to an activating group) is 1. The predicted molar refractivity (Wildman–Crippen MR) is 88.1 cm³/mol. The molecule has 22 heavy (non-hydrogen) atoms. The van der Waals surface area contributed by atoms with Gasteiger partial charge in [-0.1, -0.05) is 18.2 Å². The molecule has 4 nitrogen and oxygen atoms in total. The molecule has 114 valence electrons. The molecule has 0 aliphatic heterocycles. The third kappa shape index (κ3) is 4.82. The summed E-state index contributed by atoms with van der Waals surface area (Å²) in [5.41, 5.74) is 1.46. The molecule has 0 fully saturated rings. The lowest BCUT2D eigenvalue weighted by atomic mass is 10.1. The third-order valence-electron chi connectivity index (χ3n) is 3.08. The minimum atomic E-state index is -0.0730. The molecule has 0 amide bonds. The minimum Gasteiger partial charge on any atom is -0.492 e. The van der Waals surface area contributed by atoms with Crippen LogP contribution in [0, 0.1) is 0 Å². The number of nitrogens with zero attached hydrogens (tertiary/aromatic N) is 2. The van der Waals surface area contributed by atoms with Gasteiger partial charge < -0.3 is 9.64 Å². The molecule has 1 heterocycles. The summed E-state index contributed by atoms with van der Waals surface area (Å²) in [6.45, 7) is 1.45. The van der Waals surface area contributed by atoms with Gasteiger partial charge in [-0.15, -0.1) is 0 Å². The first-order valence-corrected chi connectivity index (χ1v) is 7.16. The van der Waals surface area contributed by atoms with E-state index in [4.69, 9.17) is 4.74 Å². The van der Waals surface area contributed by atoms with Crippen LogP contribution >= 0.6 is 0 Å². The molecule has 2 rings (SSSR count). The highest BCUT2D eigenvalue weighted by molar-refractivity contribution is 6.06. The summed E-state index contributed by atoms with van der Waals surface area (Å²) >= 11 is 0. The van der Waals surface area contributed by atoms with Crippen LogP contribution in [0.15, 0.2) is 54.9 Å². The van der Waals surface area contributed by atoms with Crippen molar-refractivity contribution in [2.75, 3.05) is 27.2 Å². The Labute approximate surface area is 131 Å². The van der Waals surface area contributed by atoms with Gasteiger partial charge in [0.05, 0.1) is 0 Å². The number of ether oxygens (including phenoxy) is 1. The fourth-order valence-corrected chi connectivity index (χ4v) is 1.86. The van der Waals surface area contributed by atoms with Crippen molar-refractivity contribution in [2.45, 2.75) is 0 Å². The van der Waals surface area contributed by atoms with E-state index in [1.165, 1.54) is 0 Å². The lowest BCUT2D eigenvalue weighted by Gasteiger charge is -2.12. The molecule has 0 N–H and O–H groups in total. The van der Waals surface area contributed by atoms with Crippen LogP contribution in [0.4, 0.5) is 0 Å². The van der Waals surface area contributed by atoms with Crippen molar-refractivity contribution in [3.63, 3.8) is 0 Å². The van der Waals surface area contributed by atoms with E-state index in [2.05, 4.69) is 9.88 Å². The van der Waals surface area contributed by atoms with Crippen molar-refractivity contribution in [3.8, 4) is 5.75 Å². The van der Waals surface area contributed by atoms with Gasteiger partial charge in [0.25, 0.3) is 0 Å². The summed E-state index contributed by atoms with van der Waals surface area (Å²) in [6, 6.07) is 11.2. The van der Waals surface area contributed by atoms with E-state index in [0.29, 0.717) is 12.2 Å². The highest BCUT2D eigenvalue weighted by Gasteiger charge is 2.03. The van der Waals surface area contributed by atoms with Crippen LogP contribution in [0.5, 0.6) is 5.75 Å². The van der Waals surface area contributed by atoms with E-state index < -0.39 is 0 Å². The number of para-hydroxylation sites is 1. The average Bonchev–Trinajstić information content (AvgIpc) is 2.54. The zero-order valence-electron chi connectivity index (χ0n) is 12.9. The highest BCUT2D eigenvalue weighted by Crippen LogP contribution is 2.19. The van der Waals surface area contributed by atoms with Gasteiger partial charge in [0.15, 0.2) is 5.78 Å². The van der Waals surface area contributed by atoms with Gasteiger partial charge in [-0.25, -0.2) is 0 Å². The summed E-state index contributed by atoms with van der Waals surface area (Å²) < 4.78 is 5.77. The SMILES string of the molecule is CN(C)CCOc1ccccc1/C=C/C(=O)c1cccnc1. The van der Waals surface area contributed by atoms with Crippen LogP contribution < -0.4 is 4.74 Å². The number of hydrogen-bond donors (Lipinski definition) is 0. The normalized spacial score (nSPS) is 11.0.